The van der Waals surface area contributed by atoms with Gasteiger partial charge < -0.3 is 4.90 Å². The van der Waals surface area contributed by atoms with E-state index < -0.39 is 0 Å². The Morgan fingerprint density at radius 2 is 2.31 bits per heavy atom. The maximum absolute atomic E-state index is 13.1. The summed E-state index contributed by atoms with van der Waals surface area (Å²) in [5.74, 6) is -0.294. The number of amides is 2. The number of benzene rings is 1. The highest BCUT2D eigenvalue weighted by Crippen LogP contribution is 2.29. The number of hydrogen-bond donors (Lipinski definition) is 0. The normalized spacial score (nSPS) is 13.8. The Kier molecular flexibility index (Phi) is 2.81. The fourth-order valence-electron chi connectivity index (χ4n) is 1.89. The SMILES string of the molecule is CCN(C)C(=O)N1CCc2ccc(F)cc21. The first-order valence-corrected chi connectivity index (χ1v) is 5.44. The van der Waals surface area contributed by atoms with Crippen LogP contribution in [0, 0.1) is 5.82 Å². The number of hydrogen-bond acceptors (Lipinski definition) is 1. The van der Waals surface area contributed by atoms with Gasteiger partial charge in [-0.3, -0.25) is 4.90 Å². The largest absolute Gasteiger partial charge is 0.328 e. The first kappa shape index (κ1) is 10.9. The fraction of sp³-hybridized carbons (Fsp3) is 0.417. The number of halogens is 1. The van der Waals surface area contributed by atoms with Crippen LogP contribution >= 0.6 is 0 Å². The number of rotatable bonds is 1. The third-order valence-corrected chi connectivity index (χ3v) is 2.97. The van der Waals surface area contributed by atoms with Gasteiger partial charge in [-0.2, -0.15) is 0 Å². The van der Waals surface area contributed by atoms with Gasteiger partial charge in [0.05, 0.1) is 5.69 Å². The summed E-state index contributed by atoms with van der Waals surface area (Å²) < 4.78 is 13.1. The van der Waals surface area contributed by atoms with Gasteiger partial charge in [-0.15, -0.1) is 0 Å². The molecule has 1 aliphatic heterocycles. The Balaban J connectivity index is 2.29. The molecule has 0 atom stereocenters. The molecule has 1 aliphatic rings. The van der Waals surface area contributed by atoms with Crippen molar-refractivity contribution in [2.45, 2.75) is 13.3 Å². The van der Waals surface area contributed by atoms with Crippen molar-refractivity contribution < 1.29 is 9.18 Å². The van der Waals surface area contributed by atoms with E-state index in [-0.39, 0.29) is 11.8 Å². The van der Waals surface area contributed by atoms with Crippen LogP contribution in [-0.2, 0) is 6.42 Å². The third kappa shape index (κ3) is 1.75. The summed E-state index contributed by atoms with van der Waals surface area (Å²) >= 11 is 0. The molecule has 0 aromatic heterocycles. The molecule has 1 aromatic carbocycles. The lowest BCUT2D eigenvalue weighted by Gasteiger charge is -2.23. The van der Waals surface area contributed by atoms with E-state index in [1.165, 1.54) is 12.1 Å². The molecular weight excluding hydrogens is 207 g/mol. The van der Waals surface area contributed by atoms with Crippen molar-refractivity contribution >= 4 is 11.7 Å². The molecule has 2 amide bonds. The van der Waals surface area contributed by atoms with Crippen molar-refractivity contribution in [3.63, 3.8) is 0 Å². The van der Waals surface area contributed by atoms with Crippen LogP contribution in [0.4, 0.5) is 14.9 Å². The minimum absolute atomic E-state index is 0.0631. The van der Waals surface area contributed by atoms with E-state index in [1.807, 2.05) is 6.92 Å². The molecule has 2 rings (SSSR count). The smallest absolute Gasteiger partial charge is 0.324 e. The first-order chi connectivity index (χ1) is 7.63. The minimum Gasteiger partial charge on any atom is -0.328 e. The molecule has 0 saturated heterocycles. The number of fused-ring (bicyclic) bond motifs is 1. The molecule has 16 heavy (non-hydrogen) atoms. The van der Waals surface area contributed by atoms with Crippen molar-refractivity contribution in [3.05, 3.63) is 29.6 Å². The quantitative estimate of drug-likeness (QED) is 0.715. The number of anilines is 1. The Hall–Kier alpha value is -1.58. The van der Waals surface area contributed by atoms with E-state index in [1.54, 1.807) is 22.9 Å². The third-order valence-electron chi connectivity index (χ3n) is 2.97. The van der Waals surface area contributed by atoms with E-state index in [0.717, 1.165) is 12.0 Å². The summed E-state index contributed by atoms with van der Waals surface area (Å²) in [6.07, 6.45) is 0.804. The van der Waals surface area contributed by atoms with Gasteiger partial charge in [0.2, 0.25) is 0 Å². The van der Waals surface area contributed by atoms with Crippen molar-refractivity contribution in [1.29, 1.82) is 0 Å². The highest BCUT2D eigenvalue weighted by atomic mass is 19.1. The molecule has 0 fully saturated rings. The molecule has 0 spiro atoms. The standard InChI is InChI=1S/C12H15FN2O/c1-3-14(2)12(16)15-7-6-9-4-5-10(13)8-11(9)15/h4-5,8H,3,6-7H2,1-2H3. The molecule has 0 aliphatic carbocycles. The molecule has 1 heterocycles. The van der Waals surface area contributed by atoms with Gasteiger partial charge in [0, 0.05) is 20.1 Å². The number of carbonyl (C=O) groups is 1. The van der Waals surface area contributed by atoms with Gasteiger partial charge in [-0.05, 0) is 31.0 Å². The summed E-state index contributed by atoms with van der Waals surface area (Å²) in [7, 11) is 1.75. The lowest BCUT2D eigenvalue weighted by molar-refractivity contribution is 0.218. The maximum Gasteiger partial charge on any atom is 0.324 e. The molecule has 0 unspecified atom stereocenters. The van der Waals surface area contributed by atoms with Crippen molar-refractivity contribution in [2.24, 2.45) is 0 Å². The zero-order chi connectivity index (χ0) is 11.7. The van der Waals surface area contributed by atoms with Crippen LogP contribution in [0.15, 0.2) is 18.2 Å². The monoisotopic (exact) mass is 222 g/mol. The summed E-state index contributed by atoms with van der Waals surface area (Å²) in [4.78, 5) is 15.2. The molecule has 4 heteroatoms. The second-order valence-corrected chi connectivity index (χ2v) is 3.97. The Morgan fingerprint density at radius 1 is 1.56 bits per heavy atom. The average molecular weight is 222 g/mol. The van der Waals surface area contributed by atoms with Crippen molar-refractivity contribution in [2.75, 3.05) is 25.0 Å². The van der Waals surface area contributed by atoms with Gasteiger partial charge >= 0.3 is 6.03 Å². The lowest BCUT2D eigenvalue weighted by atomic mass is 10.2. The van der Waals surface area contributed by atoms with Gasteiger partial charge in [-0.1, -0.05) is 6.07 Å². The average Bonchev–Trinajstić information content (AvgIpc) is 2.69. The summed E-state index contributed by atoms with van der Waals surface area (Å²) in [5, 5.41) is 0. The van der Waals surface area contributed by atoms with E-state index in [0.29, 0.717) is 18.8 Å². The number of carbonyl (C=O) groups excluding carboxylic acids is 1. The lowest BCUT2D eigenvalue weighted by Crippen LogP contribution is -2.40. The molecule has 0 saturated carbocycles. The minimum atomic E-state index is -0.294. The van der Waals surface area contributed by atoms with Gasteiger partial charge in [-0.25, -0.2) is 9.18 Å². The van der Waals surface area contributed by atoms with Crippen LogP contribution in [0.25, 0.3) is 0 Å². The predicted octanol–water partition coefficient (Wildman–Crippen LogP) is 2.26. The molecule has 0 N–H and O–H groups in total. The Morgan fingerprint density at radius 3 is 3.00 bits per heavy atom. The highest BCUT2D eigenvalue weighted by Gasteiger charge is 2.26. The van der Waals surface area contributed by atoms with Crippen LogP contribution in [0.3, 0.4) is 0 Å². The van der Waals surface area contributed by atoms with Crippen molar-refractivity contribution in [3.8, 4) is 0 Å². The van der Waals surface area contributed by atoms with Crippen LogP contribution < -0.4 is 4.90 Å². The van der Waals surface area contributed by atoms with Gasteiger partial charge in [0.25, 0.3) is 0 Å². The zero-order valence-electron chi connectivity index (χ0n) is 9.53. The Bertz CT molecular complexity index is 419. The van der Waals surface area contributed by atoms with Crippen LogP contribution in [-0.4, -0.2) is 31.1 Å². The predicted molar refractivity (Wildman–Crippen MR) is 61.2 cm³/mol. The number of urea groups is 1. The molecule has 1 aromatic rings. The van der Waals surface area contributed by atoms with E-state index in [4.69, 9.17) is 0 Å². The second-order valence-electron chi connectivity index (χ2n) is 3.97. The maximum atomic E-state index is 13.1. The van der Waals surface area contributed by atoms with Gasteiger partial charge in [0.1, 0.15) is 5.82 Å². The molecule has 3 nitrogen and oxygen atoms in total. The molecule has 0 radical (unpaired) electrons. The van der Waals surface area contributed by atoms with Crippen molar-refractivity contribution in [1.82, 2.24) is 4.90 Å². The Labute approximate surface area is 94.5 Å². The summed E-state index contributed by atoms with van der Waals surface area (Å²) in [6, 6.07) is 4.57. The summed E-state index contributed by atoms with van der Waals surface area (Å²) in [6.45, 7) is 3.21. The van der Waals surface area contributed by atoms with E-state index in [9.17, 15) is 9.18 Å². The fourth-order valence-corrected chi connectivity index (χ4v) is 1.89. The molecule has 0 bridgehead atoms. The topological polar surface area (TPSA) is 23.6 Å². The molecule has 86 valence electrons. The van der Waals surface area contributed by atoms with E-state index in [2.05, 4.69) is 0 Å². The second kappa shape index (κ2) is 4.12. The molecular formula is C12H15FN2O. The highest BCUT2D eigenvalue weighted by molar-refractivity contribution is 5.94. The van der Waals surface area contributed by atoms with Gasteiger partial charge in [0.15, 0.2) is 0 Å². The zero-order valence-corrected chi connectivity index (χ0v) is 9.53. The van der Waals surface area contributed by atoms with E-state index >= 15 is 0 Å². The number of nitrogens with zero attached hydrogens (tertiary/aromatic N) is 2. The van der Waals surface area contributed by atoms with Crippen LogP contribution in [0.5, 0.6) is 0 Å². The first-order valence-electron chi connectivity index (χ1n) is 5.44. The van der Waals surface area contributed by atoms with Crippen LogP contribution in [0.1, 0.15) is 12.5 Å². The summed E-state index contributed by atoms with van der Waals surface area (Å²) in [5.41, 5.74) is 1.75. The van der Waals surface area contributed by atoms with Crippen LogP contribution in [0.2, 0.25) is 0 Å².